The van der Waals surface area contributed by atoms with Gasteiger partial charge in [-0.3, -0.25) is 0 Å². The summed E-state index contributed by atoms with van der Waals surface area (Å²) in [5.41, 5.74) is 0. The van der Waals surface area contributed by atoms with Gasteiger partial charge in [0, 0.05) is 18.3 Å². The van der Waals surface area contributed by atoms with Crippen LogP contribution in [-0.4, -0.2) is 34.1 Å². The molecule has 0 spiro atoms. The van der Waals surface area contributed by atoms with Crippen LogP contribution in [0.1, 0.15) is 19.8 Å². The van der Waals surface area contributed by atoms with E-state index in [-0.39, 0.29) is 0 Å². The van der Waals surface area contributed by atoms with Crippen molar-refractivity contribution in [1.29, 1.82) is 0 Å². The van der Waals surface area contributed by atoms with Crippen molar-refractivity contribution in [3.8, 4) is 0 Å². The van der Waals surface area contributed by atoms with Crippen LogP contribution in [-0.2, 0) is 0 Å². The van der Waals surface area contributed by atoms with Gasteiger partial charge in [0.2, 0.25) is 5.95 Å². The summed E-state index contributed by atoms with van der Waals surface area (Å²) in [4.78, 5) is 8.55. The van der Waals surface area contributed by atoms with Crippen molar-refractivity contribution in [3.63, 3.8) is 0 Å². The van der Waals surface area contributed by atoms with Gasteiger partial charge in [0.15, 0.2) is 5.82 Å². The molecule has 17 heavy (non-hydrogen) atoms. The summed E-state index contributed by atoms with van der Waals surface area (Å²) >= 11 is 8.05. The minimum Gasteiger partial charge on any atom is -0.365 e. The molecule has 2 rings (SSSR count). The predicted octanol–water partition coefficient (Wildman–Crippen LogP) is 2.87. The molecule has 1 fully saturated rings. The molecule has 0 aliphatic carbocycles. The molecule has 6 heteroatoms. The Balaban J connectivity index is 2.03. The number of thioether (sulfide) groups is 1. The Labute approximate surface area is 111 Å². The van der Waals surface area contributed by atoms with E-state index in [4.69, 9.17) is 11.6 Å². The molecule has 1 aromatic rings. The number of rotatable bonds is 5. The molecular weight excluding hydrogens is 256 g/mol. The van der Waals surface area contributed by atoms with Crippen LogP contribution in [0.4, 0.5) is 11.8 Å². The normalized spacial score (nSPS) is 19.3. The zero-order chi connectivity index (χ0) is 12.1. The predicted molar refractivity (Wildman–Crippen MR) is 75.2 cm³/mol. The van der Waals surface area contributed by atoms with Crippen LogP contribution in [0.5, 0.6) is 0 Å². The van der Waals surface area contributed by atoms with Gasteiger partial charge in [0.25, 0.3) is 0 Å². The standard InChI is InChI=1S/C11H17ClN4S/c1-2-4-13-11-14-6-9(12)10(16-11)15-8-3-5-17-7-8/h6,8H,2-5,7H2,1H3,(H2,13,14,15,16). The minimum atomic E-state index is 0.478. The van der Waals surface area contributed by atoms with Crippen LogP contribution in [0.15, 0.2) is 6.20 Å². The molecule has 0 saturated carbocycles. The Bertz CT molecular complexity index is 368. The van der Waals surface area contributed by atoms with Gasteiger partial charge < -0.3 is 10.6 Å². The second-order valence-electron chi connectivity index (χ2n) is 4.02. The highest BCUT2D eigenvalue weighted by atomic mass is 35.5. The molecule has 1 aromatic heterocycles. The summed E-state index contributed by atoms with van der Waals surface area (Å²) in [6, 6.07) is 0.478. The average Bonchev–Trinajstić information content (AvgIpc) is 2.83. The van der Waals surface area contributed by atoms with E-state index in [9.17, 15) is 0 Å². The summed E-state index contributed by atoms with van der Waals surface area (Å²) in [6.45, 7) is 2.98. The first kappa shape index (κ1) is 12.8. The molecule has 1 saturated heterocycles. The first-order valence-electron chi connectivity index (χ1n) is 5.90. The Hall–Kier alpha value is -0.680. The molecule has 2 heterocycles. The molecule has 4 nitrogen and oxygen atoms in total. The number of hydrogen-bond acceptors (Lipinski definition) is 5. The van der Waals surface area contributed by atoms with Gasteiger partial charge in [-0.1, -0.05) is 18.5 Å². The number of nitrogens with one attached hydrogen (secondary N) is 2. The zero-order valence-electron chi connectivity index (χ0n) is 9.87. The highest BCUT2D eigenvalue weighted by molar-refractivity contribution is 7.99. The van der Waals surface area contributed by atoms with Crippen LogP contribution in [0.2, 0.25) is 5.02 Å². The van der Waals surface area contributed by atoms with E-state index in [1.807, 2.05) is 11.8 Å². The Morgan fingerprint density at radius 2 is 2.47 bits per heavy atom. The lowest BCUT2D eigenvalue weighted by Gasteiger charge is -2.14. The maximum Gasteiger partial charge on any atom is 0.224 e. The highest BCUT2D eigenvalue weighted by Gasteiger charge is 2.17. The maximum atomic E-state index is 6.09. The lowest BCUT2D eigenvalue weighted by atomic mass is 10.2. The molecule has 1 atom stereocenters. The molecule has 94 valence electrons. The van der Waals surface area contributed by atoms with Crippen LogP contribution < -0.4 is 10.6 Å². The highest BCUT2D eigenvalue weighted by Crippen LogP contribution is 2.25. The molecule has 1 aliphatic heterocycles. The van der Waals surface area contributed by atoms with Crippen LogP contribution in [0, 0.1) is 0 Å². The Kier molecular flexibility index (Phi) is 4.74. The lowest BCUT2D eigenvalue weighted by molar-refractivity contribution is 0.805. The fourth-order valence-corrected chi connectivity index (χ4v) is 2.93. The molecule has 0 bridgehead atoms. The van der Waals surface area contributed by atoms with Gasteiger partial charge in [0.1, 0.15) is 5.02 Å². The lowest BCUT2D eigenvalue weighted by Crippen LogP contribution is -2.19. The fraction of sp³-hybridized carbons (Fsp3) is 0.636. The van der Waals surface area contributed by atoms with Gasteiger partial charge in [-0.15, -0.1) is 0 Å². The molecule has 1 aliphatic rings. The van der Waals surface area contributed by atoms with Crippen molar-refractivity contribution in [2.24, 2.45) is 0 Å². The first-order valence-corrected chi connectivity index (χ1v) is 7.43. The number of nitrogens with zero attached hydrogens (tertiary/aromatic N) is 2. The smallest absolute Gasteiger partial charge is 0.224 e. The molecule has 0 amide bonds. The fourth-order valence-electron chi connectivity index (χ4n) is 1.63. The van der Waals surface area contributed by atoms with Crippen molar-refractivity contribution in [1.82, 2.24) is 9.97 Å². The van der Waals surface area contributed by atoms with E-state index in [2.05, 4.69) is 27.5 Å². The van der Waals surface area contributed by atoms with E-state index in [1.165, 1.54) is 12.2 Å². The van der Waals surface area contributed by atoms with Gasteiger partial charge in [-0.2, -0.15) is 16.7 Å². The van der Waals surface area contributed by atoms with Crippen LogP contribution >= 0.6 is 23.4 Å². The number of anilines is 2. The third kappa shape index (κ3) is 3.64. The van der Waals surface area contributed by atoms with Crippen molar-refractivity contribution in [2.75, 3.05) is 28.7 Å². The average molecular weight is 273 g/mol. The number of aromatic nitrogens is 2. The summed E-state index contributed by atoms with van der Waals surface area (Å²) < 4.78 is 0. The van der Waals surface area contributed by atoms with E-state index < -0.39 is 0 Å². The summed E-state index contributed by atoms with van der Waals surface area (Å²) in [7, 11) is 0. The van der Waals surface area contributed by atoms with Crippen LogP contribution in [0.25, 0.3) is 0 Å². The Morgan fingerprint density at radius 3 is 3.18 bits per heavy atom. The van der Waals surface area contributed by atoms with Crippen molar-refractivity contribution < 1.29 is 0 Å². The topological polar surface area (TPSA) is 49.8 Å². The van der Waals surface area contributed by atoms with Crippen LogP contribution in [0.3, 0.4) is 0 Å². The largest absolute Gasteiger partial charge is 0.365 e. The van der Waals surface area contributed by atoms with E-state index >= 15 is 0 Å². The SMILES string of the molecule is CCCNc1ncc(Cl)c(NC2CCSC2)n1. The summed E-state index contributed by atoms with van der Waals surface area (Å²) in [5.74, 6) is 3.72. The second-order valence-corrected chi connectivity index (χ2v) is 5.58. The molecule has 1 unspecified atom stereocenters. The summed E-state index contributed by atoms with van der Waals surface area (Å²) in [5, 5.41) is 7.13. The molecule has 0 aromatic carbocycles. The maximum absolute atomic E-state index is 6.09. The van der Waals surface area contributed by atoms with Gasteiger partial charge in [-0.05, 0) is 18.6 Å². The van der Waals surface area contributed by atoms with Crippen molar-refractivity contribution >= 4 is 35.1 Å². The minimum absolute atomic E-state index is 0.478. The zero-order valence-corrected chi connectivity index (χ0v) is 11.4. The Morgan fingerprint density at radius 1 is 1.59 bits per heavy atom. The quantitative estimate of drug-likeness (QED) is 0.863. The van der Waals surface area contributed by atoms with E-state index in [0.29, 0.717) is 17.0 Å². The van der Waals surface area contributed by atoms with Gasteiger partial charge in [0.05, 0.1) is 6.20 Å². The van der Waals surface area contributed by atoms with E-state index in [1.54, 1.807) is 6.20 Å². The van der Waals surface area contributed by atoms with Gasteiger partial charge in [-0.25, -0.2) is 4.98 Å². The number of halogens is 1. The molecular formula is C11H17ClN4S. The molecule has 2 N–H and O–H groups in total. The van der Waals surface area contributed by atoms with Crippen molar-refractivity contribution in [2.45, 2.75) is 25.8 Å². The molecule has 0 radical (unpaired) electrons. The second kappa shape index (κ2) is 6.31. The van der Waals surface area contributed by atoms with Crippen molar-refractivity contribution in [3.05, 3.63) is 11.2 Å². The third-order valence-electron chi connectivity index (χ3n) is 2.55. The van der Waals surface area contributed by atoms with Gasteiger partial charge >= 0.3 is 0 Å². The van der Waals surface area contributed by atoms with E-state index in [0.717, 1.165) is 24.5 Å². The first-order chi connectivity index (χ1) is 8.29. The third-order valence-corrected chi connectivity index (χ3v) is 3.99. The monoisotopic (exact) mass is 272 g/mol. The number of hydrogen-bond donors (Lipinski definition) is 2. The summed E-state index contributed by atoms with van der Waals surface area (Å²) in [6.07, 6.45) is 3.87.